The van der Waals surface area contributed by atoms with Crippen molar-refractivity contribution >= 4 is 45.1 Å². The number of rotatable bonds is 4. The summed E-state index contributed by atoms with van der Waals surface area (Å²) in [5, 5.41) is 29.0. The summed E-state index contributed by atoms with van der Waals surface area (Å²) >= 11 is 2.69. The normalized spacial score (nSPS) is 10.0. The molecule has 0 aliphatic carbocycles. The standard InChI is InChI=1S/C17H8N4O2S2/c18-9-12(10-19)7-11-5-6-16(14(8-11)21(22)23)25-17-20-13-3-1-2-4-15(13)24-17/h1-8H. The summed E-state index contributed by atoms with van der Waals surface area (Å²) in [6, 6.07) is 15.7. The highest BCUT2D eigenvalue weighted by Crippen LogP contribution is 2.39. The van der Waals surface area contributed by atoms with Crippen molar-refractivity contribution in [1.82, 2.24) is 4.98 Å². The molecule has 0 fully saturated rings. The van der Waals surface area contributed by atoms with E-state index in [0.717, 1.165) is 10.2 Å². The second kappa shape index (κ2) is 7.14. The van der Waals surface area contributed by atoms with Gasteiger partial charge in [0, 0.05) is 6.07 Å². The minimum atomic E-state index is -0.481. The van der Waals surface area contributed by atoms with Crippen molar-refractivity contribution in [3.05, 3.63) is 63.7 Å². The predicted molar refractivity (Wildman–Crippen MR) is 96.0 cm³/mol. The molecule has 1 aromatic heterocycles. The molecule has 8 heteroatoms. The molecule has 6 nitrogen and oxygen atoms in total. The number of nitro benzene ring substituents is 1. The molecule has 0 saturated carbocycles. The minimum absolute atomic E-state index is 0.0896. The Kier molecular flexibility index (Phi) is 4.75. The maximum Gasteiger partial charge on any atom is 0.283 e. The van der Waals surface area contributed by atoms with Crippen molar-refractivity contribution in [2.75, 3.05) is 0 Å². The molecule has 0 N–H and O–H groups in total. The van der Waals surface area contributed by atoms with Crippen LogP contribution in [0.2, 0.25) is 0 Å². The first kappa shape index (κ1) is 16.7. The van der Waals surface area contributed by atoms with Gasteiger partial charge in [0.15, 0.2) is 4.34 Å². The fourth-order valence-electron chi connectivity index (χ4n) is 2.10. The van der Waals surface area contributed by atoms with E-state index in [1.807, 2.05) is 24.3 Å². The van der Waals surface area contributed by atoms with E-state index in [1.54, 1.807) is 24.3 Å². The number of hydrogen-bond donors (Lipinski definition) is 0. The molecule has 1 heterocycles. The highest BCUT2D eigenvalue weighted by atomic mass is 32.2. The molecule has 0 amide bonds. The van der Waals surface area contributed by atoms with Gasteiger partial charge in [-0.15, -0.1) is 11.3 Å². The molecular formula is C17H8N4O2S2. The van der Waals surface area contributed by atoms with Gasteiger partial charge in [0.05, 0.1) is 20.0 Å². The van der Waals surface area contributed by atoms with Crippen molar-refractivity contribution in [3.63, 3.8) is 0 Å². The lowest BCUT2D eigenvalue weighted by molar-refractivity contribution is -0.387. The third-order valence-corrected chi connectivity index (χ3v) is 5.37. The number of benzene rings is 2. The summed E-state index contributed by atoms with van der Waals surface area (Å²) in [5.41, 5.74) is 1.08. The van der Waals surface area contributed by atoms with E-state index in [0.29, 0.717) is 14.8 Å². The van der Waals surface area contributed by atoms with Crippen molar-refractivity contribution in [3.8, 4) is 12.1 Å². The smallest absolute Gasteiger partial charge is 0.258 e. The highest BCUT2D eigenvalue weighted by molar-refractivity contribution is 8.01. The molecule has 0 saturated heterocycles. The van der Waals surface area contributed by atoms with Crippen molar-refractivity contribution in [2.45, 2.75) is 9.24 Å². The highest BCUT2D eigenvalue weighted by Gasteiger charge is 2.17. The van der Waals surface area contributed by atoms with E-state index in [2.05, 4.69) is 4.98 Å². The maximum atomic E-state index is 11.4. The van der Waals surface area contributed by atoms with Crippen molar-refractivity contribution in [1.29, 1.82) is 10.5 Å². The van der Waals surface area contributed by atoms with Crippen LogP contribution in [0.5, 0.6) is 0 Å². The van der Waals surface area contributed by atoms with Gasteiger partial charge in [0.25, 0.3) is 5.69 Å². The summed E-state index contributed by atoms with van der Waals surface area (Å²) < 4.78 is 1.72. The van der Waals surface area contributed by atoms with E-state index < -0.39 is 4.92 Å². The molecule has 0 radical (unpaired) electrons. The van der Waals surface area contributed by atoms with Crippen LogP contribution in [0.15, 0.2) is 57.3 Å². The van der Waals surface area contributed by atoms with Crippen LogP contribution in [-0.2, 0) is 0 Å². The van der Waals surface area contributed by atoms with Crippen LogP contribution in [0.4, 0.5) is 5.69 Å². The van der Waals surface area contributed by atoms with Crippen LogP contribution in [0.25, 0.3) is 16.3 Å². The summed E-state index contributed by atoms with van der Waals surface area (Å²) in [4.78, 5) is 15.8. The average molecular weight is 364 g/mol. The van der Waals surface area contributed by atoms with E-state index in [4.69, 9.17) is 10.5 Å². The van der Waals surface area contributed by atoms with E-state index >= 15 is 0 Å². The predicted octanol–water partition coefficient (Wildman–Crippen LogP) is 4.79. The number of thiazole rings is 1. The fraction of sp³-hybridized carbons (Fsp3) is 0. The van der Waals surface area contributed by atoms with Gasteiger partial charge in [0.2, 0.25) is 0 Å². The van der Waals surface area contributed by atoms with Crippen molar-refractivity contribution < 1.29 is 4.92 Å². The van der Waals surface area contributed by atoms with Gasteiger partial charge in [-0.1, -0.05) is 30.0 Å². The van der Waals surface area contributed by atoms with Crippen molar-refractivity contribution in [2.24, 2.45) is 0 Å². The fourth-order valence-corrected chi connectivity index (χ4v) is 4.21. The van der Waals surface area contributed by atoms with Gasteiger partial charge in [-0.3, -0.25) is 10.1 Å². The van der Waals surface area contributed by atoms with Gasteiger partial charge in [0.1, 0.15) is 17.7 Å². The number of para-hydroxylation sites is 1. The lowest BCUT2D eigenvalue weighted by Gasteiger charge is -2.02. The number of nitro groups is 1. The molecule has 0 aliphatic rings. The Morgan fingerprint density at radius 1 is 1.24 bits per heavy atom. The maximum absolute atomic E-state index is 11.4. The van der Waals surface area contributed by atoms with E-state index in [1.165, 1.54) is 35.2 Å². The number of aromatic nitrogens is 1. The van der Waals surface area contributed by atoms with Gasteiger partial charge < -0.3 is 0 Å². The molecule has 0 spiro atoms. The SMILES string of the molecule is N#CC(C#N)=Cc1ccc(Sc2nc3ccccc3s2)c([N+](=O)[O-])c1. The quantitative estimate of drug-likeness (QED) is 0.375. The lowest BCUT2D eigenvalue weighted by atomic mass is 10.1. The Labute approximate surface area is 150 Å². The minimum Gasteiger partial charge on any atom is -0.258 e. The molecule has 0 atom stereocenters. The Hall–Kier alpha value is -3.20. The molecule has 0 unspecified atom stereocenters. The first-order valence-electron chi connectivity index (χ1n) is 6.94. The molecule has 0 bridgehead atoms. The zero-order chi connectivity index (χ0) is 17.8. The number of nitriles is 2. The zero-order valence-corrected chi connectivity index (χ0v) is 14.2. The first-order chi connectivity index (χ1) is 12.1. The lowest BCUT2D eigenvalue weighted by Crippen LogP contribution is -1.92. The zero-order valence-electron chi connectivity index (χ0n) is 12.5. The summed E-state index contributed by atoms with van der Waals surface area (Å²) in [7, 11) is 0. The number of allylic oxidation sites excluding steroid dienone is 1. The topological polar surface area (TPSA) is 104 Å². The molecule has 0 aliphatic heterocycles. The third kappa shape index (κ3) is 3.66. The van der Waals surface area contributed by atoms with Gasteiger partial charge in [-0.2, -0.15) is 10.5 Å². The number of hydrogen-bond acceptors (Lipinski definition) is 7. The molecule has 2 aromatic carbocycles. The van der Waals surface area contributed by atoms with E-state index in [9.17, 15) is 10.1 Å². The Morgan fingerprint density at radius 3 is 2.68 bits per heavy atom. The molecule has 3 aromatic rings. The van der Waals surface area contributed by atoms with Crippen LogP contribution in [-0.4, -0.2) is 9.91 Å². The largest absolute Gasteiger partial charge is 0.283 e. The molecule has 3 rings (SSSR count). The van der Waals surface area contributed by atoms with Crippen LogP contribution in [0.3, 0.4) is 0 Å². The molecule has 25 heavy (non-hydrogen) atoms. The summed E-state index contributed by atoms with van der Waals surface area (Å²) in [5.74, 6) is 0. The molecular weight excluding hydrogens is 356 g/mol. The Bertz CT molecular complexity index is 1040. The Morgan fingerprint density at radius 2 is 2.00 bits per heavy atom. The average Bonchev–Trinajstić information content (AvgIpc) is 3.02. The number of nitrogens with zero attached hydrogens (tertiary/aromatic N) is 4. The first-order valence-corrected chi connectivity index (χ1v) is 8.58. The number of fused-ring (bicyclic) bond motifs is 1. The molecule has 120 valence electrons. The second-order valence-electron chi connectivity index (χ2n) is 4.82. The summed E-state index contributed by atoms with van der Waals surface area (Å²) in [6.45, 7) is 0. The summed E-state index contributed by atoms with van der Waals surface area (Å²) in [6.07, 6.45) is 1.32. The monoisotopic (exact) mass is 364 g/mol. The van der Waals surface area contributed by atoms with Crippen LogP contribution in [0, 0.1) is 32.8 Å². The van der Waals surface area contributed by atoms with Gasteiger partial charge >= 0.3 is 0 Å². The third-order valence-electron chi connectivity index (χ3n) is 3.20. The van der Waals surface area contributed by atoms with E-state index in [-0.39, 0.29) is 11.3 Å². The second-order valence-corrected chi connectivity index (χ2v) is 7.14. The van der Waals surface area contributed by atoms with Crippen LogP contribution in [0.1, 0.15) is 5.56 Å². The Balaban J connectivity index is 1.98. The van der Waals surface area contributed by atoms with Gasteiger partial charge in [-0.05, 0) is 29.8 Å². The van der Waals surface area contributed by atoms with Crippen LogP contribution < -0.4 is 0 Å². The van der Waals surface area contributed by atoms with Crippen LogP contribution >= 0.6 is 23.1 Å². The van der Waals surface area contributed by atoms with Gasteiger partial charge in [-0.25, -0.2) is 4.98 Å².